The molecule has 186 valence electrons. The fourth-order valence-electron chi connectivity index (χ4n) is 4.21. The normalized spacial score (nSPS) is 19.1. The van der Waals surface area contributed by atoms with Crippen molar-refractivity contribution in [2.24, 2.45) is 4.99 Å². The Hall–Kier alpha value is -2.13. The number of halogens is 1. The van der Waals surface area contributed by atoms with Crippen molar-refractivity contribution in [3.8, 4) is 0 Å². The van der Waals surface area contributed by atoms with E-state index in [-0.39, 0.29) is 35.4 Å². The van der Waals surface area contributed by atoms with Crippen LogP contribution in [0.5, 0.6) is 0 Å². The van der Waals surface area contributed by atoms with E-state index in [4.69, 9.17) is 0 Å². The molecule has 2 aromatic rings. The average molecular weight is 578 g/mol. The first-order valence-electron chi connectivity index (χ1n) is 11.9. The lowest BCUT2D eigenvalue weighted by molar-refractivity contribution is 0.0919. The summed E-state index contributed by atoms with van der Waals surface area (Å²) >= 11 is 0. The molecule has 1 aliphatic rings. The minimum absolute atomic E-state index is 0. The lowest BCUT2D eigenvalue weighted by Gasteiger charge is -2.38. The van der Waals surface area contributed by atoms with Crippen LogP contribution in [-0.2, 0) is 13.1 Å². The molecular formula is C27H40IN5O. The van der Waals surface area contributed by atoms with Gasteiger partial charge in [-0.1, -0.05) is 42.5 Å². The number of nitrogens with zero attached hydrogens (tertiary/aromatic N) is 2. The molecular weight excluding hydrogens is 537 g/mol. The van der Waals surface area contributed by atoms with Crippen LogP contribution in [0, 0.1) is 0 Å². The molecule has 0 radical (unpaired) electrons. The summed E-state index contributed by atoms with van der Waals surface area (Å²) in [4.78, 5) is 19.4. The Morgan fingerprint density at radius 3 is 2.44 bits per heavy atom. The number of hydrogen-bond donors (Lipinski definition) is 3. The van der Waals surface area contributed by atoms with E-state index in [1.165, 1.54) is 5.56 Å². The second-order valence-electron chi connectivity index (χ2n) is 10.0. The molecule has 3 rings (SSSR count). The minimum atomic E-state index is -0.259. The third-order valence-electron chi connectivity index (χ3n) is 5.94. The van der Waals surface area contributed by atoms with Crippen molar-refractivity contribution >= 4 is 35.8 Å². The number of rotatable bonds is 6. The highest BCUT2D eigenvalue weighted by molar-refractivity contribution is 14.0. The topological polar surface area (TPSA) is 68.8 Å². The van der Waals surface area contributed by atoms with Crippen LogP contribution in [0.2, 0.25) is 0 Å². The number of hydrogen-bond acceptors (Lipinski definition) is 3. The second-order valence-corrected chi connectivity index (χ2v) is 10.0. The first-order valence-corrected chi connectivity index (χ1v) is 11.9. The summed E-state index contributed by atoms with van der Waals surface area (Å²) in [7, 11) is 1.80. The zero-order chi connectivity index (χ0) is 23.8. The molecule has 2 unspecified atom stereocenters. The summed E-state index contributed by atoms with van der Waals surface area (Å²) in [5, 5.41) is 10.0. The molecule has 2 aromatic carbocycles. The molecule has 0 aliphatic carbocycles. The van der Waals surface area contributed by atoms with Gasteiger partial charge < -0.3 is 16.0 Å². The molecule has 1 heterocycles. The van der Waals surface area contributed by atoms with Crippen LogP contribution in [0.3, 0.4) is 0 Å². The number of amides is 1. The molecule has 6 nitrogen and oxygen atoms in total. The van der Waals surface area contributed by atoms with Gasteiger partial charge in [0.1, 0.15) is 0 Å². The summed E-state index contributed by atoms with van der Waals surface area (Å²) in [5.41, 5.74) is 2.83. The summed E-state index contributed by atoms with van der Waals surface area (Å²) in [6.07, 6.45) is 2.16. The number of carbonyl (C=O) groups is 1. The lowest BCUT2D eigenvalue weighted by Crippen LogP contribution is -2.51. The monoisotopic (exact) mass is 577 g/mol. The van der Waals surface area contributed by atoms with Gasteiger partial charge in [-0.05, 0) is 63.8 Å². The van der Waals surface area contributed by atoms with Gasteiger partial charge in [0.25, 0.3) is 5.91 Å². The Morgan fingerprint density at radius 1 is 1.09 bits per heavy atom. The van der Waals surface area contributed by atoms with Gasteiger partial charge >= 0.3 is 0 Å². The van der Waals surface area contributed by atoms with Crippen LogP contribution >= 0.6 is 24.0 Å². The van der Waals surface area contributed by atoms with E-state index in [2.05, 4.69) is 63.1 Å². The van der Waals surface area contributed by atoms with E-state index in [1.54, 1.807) is 7.05 Å². The van der Waals surface area contributed by atoms with Gasteiger partial charge in [-0.2, -0.15) is 0 Å². The van der Waals surface area contributed by atoms with Crippen LogP contribution in [0.4, 0.5) is 0 Å². The number of benzene rings is 2. The van der Waals surface area contributed by atoms with Crippen LogP contribution in [0.1, 0.15) is 62.0 Å². The zero-order valence-corrected chi connectivity index (χ0v) is 23.4. The molecule has 1 amide bonds. The Kier molecular flexibility index (Phi) is 10.8. The van der Waals surface area contributed by atoms with Crippen molar-refractivity contribution in [3.63, 3.8) is 0 Å². The maximum absolute atomic E-state index is 12.5. The van der Waals surface area contributed by atoms with Crippen LogP contribution in [0.25, 0.3) is 0 Å². The maximum Gasteiger partial charge on any atom is 0.251 e. The number of likely N-dealkylation sites (tertiary alicyclic amines) is 1. The van der Waals surface area contributed by atoms with Crippen molar-refractivity contribution < 1.29 is 4.79 Å². The number of aliphatic imine (C=N–C) groups is 1. The molecule has 0 bridgehead atoms. The van der Waals surface area contributed by atoms with E-state index in [0.717, 1.165) is 37.5 Å². The SMILES string of the molecule is CN=C(NCc1cccc(C(=O)NC(C)(C)C)c1)NC1CCN(Cc2ccccc2)C(C)C1.I. The molecule has 0 saturated carbocycles. The van der Waals surface area contributed by atoms with Gasteiger partial charge in [0.15, 0.2) is 5.96 Å². The van der Waals surface area contributed by atoms with Crippen LogP contribution in [-0.4, -0.2) is 48.0 Å². The molecule has 34 heavy (non-hydrogen) atoms. The highest BCUT2D eigenvalue weighted by Gasteiger charge is 2.26. The standard InChI is InChI=1S/C27H39N5O.HI/c1-20-16-24(14-15-32(20)19-21-10-7-6-8-11-21)30-26(28-5)29-18-22-12-9-13-23(17-22)25(33)31-27(2,3)4;/h6-13,17,20,24H,14-16,18-19H2,1-5H3,(H,31,33)(H2,28,29,30);1H. The van der Waals surface area contributed by atoms with E-state index in [1.807, 2.05) is 45.0 Å². The largest absolute Gasteiger partial charge is 0.354 e. The number of piperidine rings is 1. The Bertz CT molecular complexity index is 942. The van der Waals surface area contributed by atoms with E-state index in [9.17, 15) is 4.79 Å². The molecule has 1 aliphatic heterocycles. The third-order valence-corrected chi connectivity index (χ3v) is 5.94. The first kappa shape index (κ1) is 28.1. The van der Waals surface area contributed by atoms with Gasteiger partial charge in [0, 0.05) is 49.9 Å². The summed E-state index contributed by atoms with van der Waals surface area (Å²) in [6, 6.07) is 19.3. The van der Waals surface area contributed by atoms with Crippen molar-refractivity contribution in [2.45, 2.75) is 71.2 Å². The van der Waals surface area contributed by atoms with E-state index < -0.39 is 0 Å². The highest BCUT2D eigenvalue weighted by atomic mass is 127. The van der Waals surface area contributed by atoms with Crippen LogP contribution < -0.4 is 16.0 Å². The molecule has 2 atom stereocenters. The maximum atomic E-state index is 12.5. The van der Waals surface area contributed by atoms with E-state index >= 15 is 0 Å². The van der Waals surface area contributed by atoms with Gasteiger partial charge in [-0.3, -0.25) is 14.7 Å². The molecule has 0 spiro atoms. The number of carbonyl (C=O) groups excluding carboxylic acids is 1. The lowest BCUT2D eigenvalue weighted by atomic mass is 9.97. The van der Waals surface area contributed by atoms with Gasteiger partial charge in [-0.15, -0.1) is 24.0 Å². The fourth-order valence-corrected chi connectivity index (χ4v) is 4.21. The van der Waals surface area contributed by atoms with Gasteiger partial charge in [0.05, 0.1) is 0 Å². The molecule has 7 heteroatoms. The van der Waals surface area contributed by atoms with E-state index in [0.29, 0.717) is 24.2 Å². The van der Waals surface area contributed by atoms with Gasteiger partial charge in [0.2, 0.25) is 0 Å². The van der Waals surface area contributed by atoms with Crippen LogP contribution in [0.15, 0.2) is 59.6 Å². The molecule has 1 fully saturated rings. The van der Waals surface area contributed by atoms with Gasteiger partial charge in [-0.25, -0.2) is 0 Å². The predicted octanol–water partition coefficient (Wildman–Crippen LogP) is 4.55. The fraction of sp³-hybridized carbons (Fsp3) is 0.481. The summed E-state index contributed by atoms with van der Waals surface area (Å²) in [5.74, 6) is 0.747. The Morgan fingerprint density at radius 2 is 1.79 bits per heavy atom. The minimum Gasteiger partial charge on any atom is -0.354 e. The Labute approximate surface area is 222 Å². The number of nitrogens with one attached hydrogen (secondary N) is 3. The molecule has 0 aromatic heterocycles. The molecule has 3 N–H and O–H groups in total. The zero-order valence-electron chi connectivity index (χ0n) is 21.1. The van der Waals surface area contributed by atoms with Crippen molar-refractivity contribution in [1.82, 2.24) is 20.9 Å². The smallest absolute Gasteiger partial charge is 0.251 e. The number of guanidine groups is 1. The first-order chi connectivity index (χ1) is 15.7. The summed E-state index contributed by atoms with van der Waals surface area (Å²) < 4.78 is 0. The average Bonchev–Trinajstić information content (AvgIpc) is 2.78. The predicted molar refractivity (Wildman–Crippen MR) is 152 cm³/mol. The Balaban J connectivity index is 0.00000408. The highest BCUT2D eigenvalue weighted by Crippen LogP contribution is 2.20. The quantitative estimate of drug-likeness (QED) is 0.268. The van der Waals surface area contributed by atoms with Crippen molar-refractivity contribution in [3.05, 3.63) is 71.3 Å². The summed E-state index contributed by atoms with van der Waals surface area (Å²) in [6.45, 7) is 10.9. The molecule has 1 saturated heterocycles. The van der Waals surface area contributed by atoms with Crippen molar-refractivity contribution in [1.29, 1.82) is 0 Å². The second kappa shape index (κ2) is 13.1. The van der Waals surface area contributed by atoms with Crippen molar-refractivity contribution in [2.75, 3.05) is 13.6 Å². The third kappa shape index (κ3) is 8.91.